The molecule has 0 fully saturated rings. The van der Waals surface area contributed by atoms with Crippen molar-refractivity contribution < 1.29 is 23.0 Å². The van der Waals surface area contributed by atoms with E-state index in [-0.39, 0.29) is 16.4 Å². The Bertz CT molecular complexity index is 741. The highest BCUT2D eigenvalue weighted by Crippen LogP contribution is 2.35. The summed E-state index contributed by atoms with van der Waals surface area (Å²) in [4.78, 5) is 11.9. The van der Waals surface area contributed by atoms with Crippen LogP contribution in [0.3, 0.4) is 0 Å². The Labute approximate surface area is 136 Å². The number of carbonyl (C=O) groups excluding carboxylic acids is 1. The number of rotatable bonds is 4. The van der Waals surface area contributed by atoms with Gasteiger partial charge in [-0.3, -0.25) is 0 Å². The quantitative estimate of drug-likeness (QED) is 0.872. The summed E-state index contributed by atoms with van der Waals surface area (Å²) in [6.07, 6.45) is 0. The van der Waals surface area contributed by atoms with Crippen LogP contribution in [0.15, 0.2) is 30.3 Å². The summed E-state index contributed by atoms with van der Waals surface area (Å²) in [5.74, 6) is -0.778. The lowest BCUT2D eigenvalue weighted by Crippen LogP contribution is -2.20. The van der Waals surface area contributed by atoms with Crippen LogP contribution >= 0.6 is 11.6 Å². The summed E-state index contributed by atoms with van der Waals surface area (Å²) in [5, 5.41) is 4.90. The number of hydrogen-bond donors (Lipinski definition) is 2. The van der Waals surface area contributed by atoms with Crippen LogP contribution in [0.25, 0.3) is 0 Å². The van der Waals surface area contributed by atoms with Gasteiger partial charge in [0.1, 0.15) is 23.1 Å². The molecule has 0 atom stereocenters. The van der Waals surface area contributed by atoms with Crippen LogP contribution < -0.4 is 20.1 Å². The van der Waals surface area contributed by atoms with Crippen LogP contribution in [0, 0.1) is 11.6 Å². The predicted octanol–water partition coefficient (Wildman–Crippen LogP) is 4.28. The van der Waals surface area contributed by atoms with Crippen molar-refractivity contribution in [2.45, 2.75) is 0 Å². The number of benzene rings is 2. The Morgan fingerprint density at radius 2 is 1.65 bits per heavy atom. The molecule has 0 unspecified atom stereocenters. The van der Waals surface area contributed by atoms with E-state index in [0.29, 0.717) is 11.5 Å². The maximum Gasteiger partial charge on any atom is 0.323 e. The minimum Gasteiger partial charge on any atom is -0.495 e. The van der Waals surface area contributed by atoms with Gasteiger partial charge in [-0.05, 0) is 18.2 Å². The Kier molecular flexibility index (Phi) is 5.23. The summed E-state index contributed by atoms with van der Waals surface area (Å²) in [5.41, 5.74) is -0.0475. The first kappa shape index (κ1) is 16.8. The molecule has 2 aromatic rings. The summed E-state index contributed by atoms with van der Waals surface area (Å²) in [7, 11) is 2.84. The zero-order valence-electron chi connectivity index (χ0n) is 12.2. The number of anilines is 2. The van der Waals surface area contributed by atoms with Crippen molar-refractivity contribution in [2.24, 2.45) is 0 Å². The van der Waals surface area contributed by atoms with E-state index in [1.54, 1.807) is 0 Å². The highest BCUT2D eigenvalue weighted by molar-refractivity contribution is 6.32. The monoisotopic (exact) mass is 342 g/mol. The van der Waals surface area contributed by atoms with Gasteiger partial charge < -0.3 is 20.1 Å². The number of carbonyl (C=O) groups is 1. The van der Waals surface area contributed by atoms with Gasteiger partial charge in [0.05, 0.1) is 30.6 Å². The molecule has 0 aliphatic heterocycles. The molecule has 0 aromatic heterocycles. The summed E-state index contributed by atoms with van der Waals surface area (Å²) < 4.78 is 36.8. The second-order valence-electron chi connectivity index (χ2n) is 4.39. The third-order valence-corrected chi connectivity index (χ3v) is 3.19. The van der Waals surface area contributed by atoms with E-state index in [0.717, 1.165) is 18.2 Å². The molecule has 2 amide bonds. The molecule has 0 aliphatic carbocycles. The van der Waals surface area contributed by atoms with Crippen LogP contribution in [-0.4, -0.2) is 20.3 Å². The highest BCUT2D eigenvalue weighted by atomic mass is 35.5. The van der Waals surface area contributed by atoms with Gasteiger partial charge in [-0.1, -0.05) is 11.6 Å². The molecule has 2 rings (SSSR count). The Morgan fingerprint density at radius 1 is 1.00 bits per heavy atom. The summed E-state index contributed by atoms with van der Waals surface area (Å²) in [6, 6.07) is 4.85. The molecule has 0 heterocycles. The van der Waals surface area contributed by atoms with E-state index in [1.807, 2.05) is 0 Å². The molecule has 2 N–H and O–H groups in total. The van der Waals surface area contributed by atoms with E-state index >= 15 is 0 Å². The molecule has 5 nitrogen and oxygen atoms in total. The third-order valence-electron chi connectivity index (χ3n) is 2.90. The molecule has 2 aromatic carbocycles. The molecular formula is C15H13ClF2N2O3. The number of ether oxygens (including phenoxy) is 2. The fourth-order valence-corrected chi connectivity index (χ4v) is 2.07. The van der Waals surface area contributed by atoms with Crippen molar-refractivity contribution in [2.75, 3.05) is 24.9 Å². The van der Waals surface area contributed by atoms with Crippen LogP contribution in [0.5, 0.6) is 11.5 Å². The minimum atomic E-state index is -0.783. The second-order valence-corrected chi connectivity index (χ2v) is 4.80. The van der Waals surface area contributed by atoms with Gasteiger partial charge in [-0.25, -0.2) is 13.6 Å². The van der Waals surface area contributed by atoms with Crippen molar-refractivity contribution in [3.05, 3.63) is 47.0 Å². The topological polar surface area (TPSA) is 59.6 Å². The summed E-state index contributed by atoms with van der Waals surface area (Å²) in [6.45, 7) is 0. The number of nitrogens with one attached hydrogen (secondary N) is 2. The fourth-order valence-electron chi connectivity index (χ4n) is 1.83. The van der Waals surface area contributed by atoms with Crippen LogP contribution in [-0.2, 0) is 0 Å². The fraction of sp³-hybridized carbons (Fsp3) is 0.133. The van der Waals surface area contributed by atoms with E-state index in [2.05, 4.69) is 10.6 Å². The number of methoxy groups -OCH3 is 2. The van der Waals surface area contributed by atoms with Gasteiger partial charge >= 0.3 is 6.03 Å². The van der Waals surface area contributed by atoms with Gasteiger partial charge in [-0.15, -0.1) is 0 Å². The molecule has 122 valence electrons. The van der Waals surface area contributed by atoms with Gasteiger partial charge in [0.25, 0.3) is 0 Å². The SMILES string of the molecule is COc1cc(OC)c(NC(=O)Nc2cc(F)ccc2F)cc1Cl. The number of halogens is 3. The molecule has 0 saturated carbocycles. The molecule has 0 radical (unpaired) electrons. The van der Waals surface area contributed by atoms with Crippen LogP contribution in [0.1, 0.15) is 0 Å². The molecule has 23 heavy (non-hydrogen) atoms. The average molecular weight is 343 g/mol. The number of urea groups is 1. The van der Waals surface area contributed by atoms with E-state index in [4.69, 9.17) is 21.1 Å². The van der Waals surface area contributed by atoms with Gasteiger partial charge in [0.15, 0.2) is 0 Å². The molecular weight excluding hydrogens is 330 g/mol. The summed E-state index contributed by atoms with van der Waals surface area (Å²) >= 11 is 5.99. The maximum atomic E-state index is 13.5. The van der Waals surface area contributed by atoms with Gasteiger partial charge in [0, 0.05) is 12.1 Å². The third kappa shape index (κ3) is 4.01. The zero-order chi connectivity index (χ0) is 17.0. The van der Waals surface area contributed by atoms with Gasteiger partial charge in [0.2, 0.25) is 0 Å². The number of amides is 2. The number of hydrogen-bond acceptors (Lipinski definition) is 3. The standard InChI is InChI=1S/C15H13ClF2N2O3/c1-22-13-7-14(23-2)12(6-9(13)16)20-15(21)19-11-5-8(17)3-4-10(11)18/h3-7H,1-2H3,(H2,19,20,21). The lowest BCUT2D eigenvalue weighted by atomic mass is 10.2. The maximum absolute atomic E-state index is 13.5. The van der Waals surface area contributed by atoms with Crippen LogP contribution in [0.4, 0.5) is 25.0 Å². The minimum absolute atomic E-state index is 0.243. The van der Waals surface area contributed by atoms with E-state index in [9.17, 15) is 13.6 Å². The lowest BCUT2D eigenvalue weighted by molar-refractivity contribution is 0.262. The molecule has 0 bridgehead atoms. The van der Waals surface area contributed by atoms with Crippen molar-refractivity contribution in [1.29, 1.82) is 0 Å². The first-order valence-corrected chi connectivity index (χ1v) is 6.77. The van der Waals surface area contributed by atoms with Crippen molar-refractivity contribution in [3.8, 4) is 11.5 Å². The van der Waals surface area contributed by atoms with E-state index in [1.165, 1.54) is 26.4 Å². The van der Waals surface area contributed by atoms with E-state index < -0.39 is 17.7 Å². The Hall–Kier alpha value is -2.54. The lowest BCUT2D eigenvalue weighted by Gasteiger charge is -2.14. The highest BCUT2D eigenvalue weighted by Gasteiger charge is 2.14. The van der Waals surface area contributed by atoms with Crippen molar-refractivity contribution >= 4 is 29.0 Å². The average Bonchev–Trinajstić information content (AvgIpc) is 2.51. The Morgan fingerprint density at radius 3 is 2.30 bits per heavy atom. The first-order valence-electron chi connectivity index (χ1n) is 6.39. The molecule has 0 spiro atoms. The zero-order valence-corrected chi connectivity index (χ0v) is 13.0. The van der Waals surface area contributed by atoms with Gasteiger partial charge in [-0.2, -0.15) is 0 Å². The largest absolute Gasteiger partial charge is 0.495 e. The smallest absolute Gasteiger partial charge is 0.323 e. The molecule has 0 aliphatic rings. The normalized spacial score (nSPS) is 10.1. The second kappa shape index (κ2) is 7.15. The molecule has 0 saturated heterocycles. The predicted molar refractivity (Wildman–Crippen MR) is 83.6 cm³/mol. The molecule has 8 heteroatoms. The van der Waals surface area contributed by atoms with Crippen LogP contribution in [0.2, 0.25) is 5.02 Å². The first-order chi connectivity index (χ1) is 10.9. The van der Waals surface area contributed by atoms with Crippen molar-refractivity contribution in [1.82, 2.24) is 0 Å². The van der Waals surface area contributed by atoms with Crippen molar-refractivity contribution in [3.63, 3.8) is 0 Å². The Balaban J connectivity index is 2.20.